The van der Waals surface area contributed by atoms with Crippen molar-refractivity contribution in [2.45, 2.75) is 37.5 Å². The smallest absolute Gasteiger partial charge is 0.0527 e. The number of aromatic nitrogens is 2. The number of rotatable bonds is 2. The minimum atomic E-state index is 0.711. The van der Waals surface area contributed by atoms with Gasteiger partial charge in [-0.2, -0.15) is 5.10 Å². The van der Waals surface area contributed by atoms with Crippen LogP contribution in [0.5, 0.6) is 0 Å². The van der Waals surface area contributed by atoms with Crippen LogP contribution in [0.15, 0.2) is 6.20 Å². The molecule has 0 radical (unpaired) electrons. The van der Waals surface area contributed by atoms with E-state index in [-0.39, 0.29) is 0 Å². The molecular formula is C12H19N3. The highest BCUT2D eigenvalue weighted by Gasteiger charge is 2.32. The average Bonchev–Trinajstić information content (AvgIpc) is 3.03. The molecule has 0 amide bonds. The molecule has 3 rings (SSSR count). The van der Waals surface area contributed by atoms with Crippen molar-refractivity contribution in [3.05, 3.63) is 17.5 Å². The summed E-state index contributed by atoms with van der Waals surface area (Å²) in [4.78, 5) is 0. The fourth-order valence-electron chi connectivity index (χ4n) is 2.75. The molecule has 2 heterocycles. The largest absolute Gasteiger partial charge is 0.316 e. The van der Waals surface area contributed by atoms with Crippen molar-refractivity contribution in [2.75, 3.05) is 13.1 Å². The predicted octanol–water partition coefficient (Wildman–Crippen LogP) is 1.76. The normalized spacial score (nSPS) is 26.9. The van der Waals surface area contributed by atoms with Crippen molar-refractivity contribution in [3.8, 4) is 0 Å². The Hall–Kier alpha value is -0.830. The van der Waals surface area contributed by atoms with Crippen molar-refractivity contribution in [1.82, 2.24) is 15.1 Å². The Kier molecular flexibility index (Phi) is 2.28. The molecule has 1 saturated heterocycles. The molecule has 1 aliphatic heterocycles. The van der Waals surface area contributed by atoms with Crippen LogP contribution in [0.1, 0.15) is 48.8 Å². The number of aryl methyl sites for hydroxylation is 1. The molecule has 1 atom stereocenters. The Labute approximate surface area is 90.9 Å². The second-order valence-electron chi connectivity index (χ2n) is 4.93. The number of hydrogen-bond donors (Lipinski definition) is 1. The summed E-state index contributed by atoms with van der Waals surface area (Å²) in [6, 6.07) is 0. The molecule has 1 N–H and O–H groups in total. The first-order valence-corrected chi connectivity index (χ1v) is 6.09. The van der Waals surface area contributed by atoms with Gasteiger partial charge in [0.05, 0.1) is 6.20 Å². The van der Waals surface area contributed by atoms with Crippen LogP contribution in [0.2, 0.25) is 0 Å². The monoisotopic (exact) mass is 205 g/mol. The van der Waals surface area contributed by atoms with Gasteiger partial charge in [-0.15, -0.1) is 0 Å². The van der Waals surface area contributed by atoms with Gasteiger partial charge in [0.2, 0.25) is 0 Å². The molecule has 1 saturated carbocycles. The summed E-state index contributed by atoms with van der Waals surface area (Å²) >= 11 is 0. The minimum Gasteiger partial charge on any atom is -0.316 e. The van der Waals surface area contributed by atoms with Gasteiger partial charge < -0.3 is 5.32 Å². The van der Waals surface area contributed by atoms with Crippen molar-refractivity contribution in [1.29, 1.82) is 0 Å². The van der Waals surface area contributed by atoms with E-state index in [0.29, 0.717) is 5.92 Å². The van der Waals surface area contributed by atoms with Crippen LogP contribution in [-0.2, 0) is 7.05 Å². The molecule has 0 spiro atoms. The first kappa shape index (κ1) is 9.40. The second-order valence-corrected chi connectivity index (χ2v) is 4.93. The van der Waals surface area contributed by atoms with Gasteiger partial charge in [-0.3, -0.25) is 4.68 Å². The van der Waals surface area contributed by atoms with Gasteiger partial charge in [-0.05, 0) is 43.7 Å². The van der Waals surface area contributed by atoms with Crippen molar-refractivity contribution in [2.24, 2.45) is 7.05 Å². The van der Waals surface area contributed by atoms with Gasteiger partial charge in [0.1, 0.15) is 0 Å². The molecule has 1 aliphatic carbocycles. The molecule has 1 unspecified atom stereocenters. The summed E-state index contributed by atoms with van der Waals surface area (Å²) in [5, 5.41) is 7.93. The first-order valence-electron chi connectivity index (χ1n) is 6.09. The van der Waals surface area contributed by atoms with Gasteiger partial charge in [0.15, 0.2) is 0 Å². The highest BCUT2D eigenvalue weighted by atomic mass is 15.3. The number of nitrogens with zero attached hydrogens (tertiary/aromatic N) is 2. The lowest BCUT2D eigenvalue weighted by atomic mass is 9.91. The van der Waals surface area contributed by atoms with Crippen LogP contribution in [0.25, 0.3) is 0 Å². The summed E-state index contributed by atoms with van der Waals surface area (Å²) in [7, 11) is 2.09. The Bertz CT molecular complexity index is 346. The summed E-state index contributed by atoms with van der Waals surface area (Å²) in [6.45, 7) is 2.33. The molecular weight excluding hydrogens is 186 g/mol. The lowest BCUT2D eigenvalue weighted by molar-refractivity contribution is 0.459. The van der Waals surface area contributed by atoms with Crippen LogP contribution in [0.3, 0.4) is 0 Å². The summed E-state index contributed by atoms with van der Waals surface area (Å²) in [5.74, 6) is 1.53. The van der Waals surface area contributed by atoms with E-state index in [4.69, 9.17) is 0 Å². The number of piperidine rings is 1. The zero-order valence-electron chi connectivity index (χ0n) is 9.37. The van der Waals surface area contributed by atoms with Crippen molar-refractivity contribution >= 4 is 0 Å². The lowest BCUT2D eigenvalue weighted by Gasteiger charge is -2.23. The molecule has 0 aromatic carbocycles. The van der Waals surface area contributed by atoms with E-state index in [1.807, 2.05) is 0 Å². The van der Waals surface area contributed by atoms with Gasteiger partial charge in [0.25, 0.3) is 0 Å². The Morgan fingerprint density at radius 2 is 2.20 bits per heavy atom. The van der Waals surface area contributed by atoms with E-state index in [9.17, 15) is 0 Å². The van der Waals surface area contributed by atoms with Gasteiger partial charge >= 0.3 is 0 Å². The van der Waals surface area contributed by atoms with Gasteiger partial charge in [0, 0.05) is 25.2 Å². The highest BCUT2D eigenvalue weighted by Crippen LogP contribution is 2.43. The summed E-state index contributed by atoms with van der Waals surface area (Å²) in [5.41, 5.74) is 3.04. The van der Waals surface area contributed by atoms with E-state index in [2.05, 4.69) is 28.3 Å². The van der Waals surface area contributed by atoms with Crippen LogP contribution in [0.4, 0.5) is 0 Å². The molecule has 15 heavy (non-hydrogen) atoms. The molecule has 82 valence electrons. The number of nitrogens with one attached hydrogen (secondary N) is 1. The van der Waals surface area contributed by atoms with E-state index in [1.54, 1.807) is 0 Å². The lowest BCUT2D eigenvalue weighted by Crippen LogP contribution is -2.28. The summed E-state index contributed by atoms with van der Waals surface area (Å²) < 4.78 is 2.10. The molecule has 0 bridgehead atoms. The second kappa shape index (κ2) is 3.63. The van der Waals surface area contributed by atoms with E-state index in [1.165, 1.54) is 43.5 Å². The van der Waals surface area contributed by atoms with Gasteiger partial charge in [-0.25, -0.2) is 0 Å². The maximum absolute atomic E-state index is 4.44. The third-order valence-electron chi connectivity index (χ3n) is 3.72. The van der Waals surface area contributed by atoms with E-state index >= 15 is 0 Å². The predicted molar refractivity (Wildman–Crippen MR) is 60.0 cm³/mol. The fraction of sp³-hybridized carbons (Fsp3) is 0.750. The highest BCUT2D eigenvalue weighted by molar-refractivity contribution is 5.29. The van der Waals surface area contributed by atoms with Crippen LogP contribution < -0.4 is 5.32 Å². The van der Waals surface area contributed by atoms with Crippen LogP contribution in [-0.4, -0.2) is 22.9 Å². The third-order valence-corrected chi connectivity index (χ3v) is 3.72. The average molecular weight is 205 g/mol. The SMILES string of the molecule is Cn1ncc(C2CCCNC2)c1C1CC1. The standard InChI is InChI=1S/C12H19N3/c1-15-12(9-4-5-9)11(8-14-15)10-3-2-6-13-7-10/h8-10,13H,2-7H2,1H3. The molecule has 1 aromatic rings. The third kappa shape index (κ3) is 1.69. The zero-order valence-corrected chi connectivity index (χ0v) is 9.37. The maximum atomic E-state index is 4.44. The van der Waals surface area contributed by atoms with E-state index in [0.717, 1.165) is 12.5 Å². The molecule has 2 fully saturated rings. The van der Waals surface area contributed by atoms with Crippen LogP contribution in [0, 0.1) is 0 Å². The van der Waals surface area contributed by atoms with Crippen molar-refractivity contribution in [3.63, 3.8) is 0 Å². The van der Waals surface area contributed by atoms with Gasteiger partial charge in [-0.1, -0.05) is 0 Å². The topological polar surface area (TPSA) is 29.9 Å². The maximum Gasteiger partial charge on any atom is 0.0527 e. The van der Waals surface area contributed by atoms with Crippen LogP contribution >= 0.6 is 0 Å². The first-order chi connectivity index (χ1) is 7.36. The Balaban J connectivity index is 1.89. The molecule has 2 aliphatic rings. The Morgan fingerprint density at radius 1 is 1.33 bits per heavy atom. The number of hydrogen-bond acceptors (Lipinski definition) is 2. The summed E-state index contributed by atoms with van der Waals surface area (Å²) in [6.07, 6.45) is 7.48. The molecule has 1 aromatic heterocycles. The molecule has 3 heteroatoms. The van der Waals surface area contributed by atoms with Crippen molar-refractivity contribution < 1.29 is 0 Å². The van der Waals surface area contributed by atoms with E-state index < -0.39 is 0 Å². The fourth-order valence-corrected chi connectivity index (χ4v) is 2.75. The minimum absolute atomic E-state index is 0.711. The molecule has 3 nitrogen and oxygen atoms in total. The quantitative estimate of drug-likeness (QED) is 0.797. The Morgan fingerprint density at radius 3 is 2.87 bits per heavy atom. The zero-order chi connectivity index (χ0) is 10.3.